The Morgan fingerprint density at radius 2 is 2.04 bits per heavy atom. The predicted octanol–water partition coefficient (Wildman–Crippen LogP) is 1.64. The van der Waals surface area contributed by atoms with Crippen LogP contribution in [0.1, 0.15) is 30.3 Å². The average Bonchev–Trinajstić information content (AvgIpc) is 3.19. The summed E-state index contributed by atoms with van der Waals surface area (Å²) in [6.07, 6.45) is 4.08. The SMILES string of the molecule is Cc1nsc(NC(=O)C(C(=N)N)c2ncc(F)cn2)c1N1CCCC1. The molecule has 1 aliphatic heterocycles. The van der Waals surface area contributed by atoms with Crippen LogP contribution in [0.4, 0.5) is 15.1 Å². The molecule has 1 atom stereocenters. The van der Waals surface area contributed by atoms with E-state index in [0.29, 0.717) is 5.00 Å². The number of amides is 1. The van der Waals surface area contributed by atoms with Crippen molar-refractivity contribution in [2.45, 2.75) is 25.7 Å². The van der Waals surface area contributed by atoms with E-state index in [0.717, 1.165) is 49.7 Å². The number of hydrogen-bond acceptors (Lipinski definition) is 7. The number of hydrogen-bond donors (Lipinski definition) is 3. The maximum atomic E-state index is 13.0. The van der Waals surface area contributed by atoms with E-state index in [-0.39, 0.29) is 5.82 Å². The molecule has 3 heterocycles. The minimum Gasteiger partial charge on any atom is -0.387 e. The molecule has 0 radical (unpaired) electrons. The van der Waals surface area contributed by atoms with Crippen LogP contribution >= 0.6 is 11.5 Å². The Bertz CT molecular complexity index is 786. The van der Waals surface area contributed by atoms with Gasteiger partial charge in [-0.2, -0.15) is 4.37 Å². The molecule has 1 unspecified atom stereocenters. The molecule has 3 rings (SSSR count). The number of aromatic nitrogens is 3. The lowest BCUT2D eigenvalue weighted by Crippen LogP contribution is -2.33. The fraction of sp³-hybridized carbons (Fsp3) is 0.400. The largest absolute Gasteiger partial charge is 0.387 e. The number of carbonyl (C=O) groups excluding carboxylic acids is 1. The van der Waals surface area contributed by atoms with E-state index in [9.17, 15) is 9.18 Å². The monoisotopic (exact) mass is 363 g/mol. The summed E-state index contributed by atoms with van der Waals surface area (Å²) in [6, 6.07) is 0. The Morgan fingerprint density at radius 3 is 2.64 bits per heavy atom. The molecule has 1 fully saturated rings. The van der Waals surface area contributed by atoms with Crippen molar-refractivity contribution in [1.29, 1.82) is 5.41 Å². The fourth-order valence-corrected chi connectivity index (χ4v) is 3.64. The molecule has 4 N–H and O–H groups in total. The van der Waals surface area contributed by atoms with Gasteiger partial charge in [-0.1, -0.05) is 0 Å². The van der Waals surface area contributed by atoms with Gasteiger partial charge in [0.1, 0.15) is 16.7 Å². The molecule has 1 saturated heterocycles. The van der Waals surface area contributed by atoms with E-state index >= 15 is 0 Å². The predicted molar refractivity (Wildman–Crippen MR) is 93.6 cm³/mol. The van der Waals surface area contributed by atoms with E-state index < -0.39 is 23.5 Å². The number of halogens is 1. The van der Waals surface area contributed by atoms with Gasteiger partial charge in [0.15, 0.2) is 11.7 Å². The Kier molecular flexibility index (Phi) is 4.88. The molecule has 0 aliphatic carbocycles. The summed E-state index contributed by atoms with van der Waals surface area (Å²) < 4.78 is 17.3. The van der Waals surface area contributed by atoms with Crippen molar-refractivity contribution < 1.29 is 9.18 Å². The first kappa shape index (κ1) is 17.2. The topological polar surface area (TPSA) is 121 Å². The Balaban J connectivity index is 1.85. The highest BCUT2D eigenvalue weighted by atomic mass is 32.1. The van der Waals surface area contributed by atoms with Gasteiger partial charge in [-0.05, 0) is 31.3 Å². The number of carbonyl (C=O) groups is 1. The molecular formula is C15H18FN7OS. The van der Waals surface area contributed by atoms with E-state index in [2.05, 4.69) is 24.6 Å². The summed E-state index contributed by atoms with van der Waals surface area (Å²) in [6.45, 7) is 3.73. The lowest BCUT2D eigenvalue weighted by atomic mass is 10.1. The van der Waals surface area contributed by atoms with Crippen LogP contribution in [-0.2, 0) is 4.79 Å². The third-order valence-corrected chi connectivity index (χ3v) is 4.81. The Hall–Kier alpha value is -2.62. The first-order valence-corrected chi connectivity index (χ1v) is 8.58. The van der Waals surface area contributed by atoms with Gasteiger partial charge >= 0.3 is 0 Å². The highest BCUT2D eigenvalue weighted by molar-refractivity contribution is 7.11. The highest BCUT2D eigenvalue weighted by Crippen LogP contribution is 2.36. The molecule has 0 spiro atoms. The molecule has 1 aliphatic rings. The number of rotatable bonds is 5. The third-order valence-electron chi connectivity index (χ3n) is 3.96. The quantitative estimate of drug-likeness (QED) is 0.548. The summed E-state index contributed by atoms with van der Waals surface area (Å²) in [7, 11) is 0. The molecule has 0 saturated carbocycles. The second-order valence-corrected chi connectivity index (χ2v) is 6.55. The zero-order chi connectivity index (χ0) is 18.0. The lowest BCUT2D eigenvalue weighted by molar-refractivity contribution is -0.116. The molecule has 2 aromatic heterocycles. The van der Waals surface area contributed by atoms with Crippen LogP contribution < -0.4 is 16.0 Å². The van der Waals surface area contributed by atoms with Gasteiger partial charge in [-0.3, -0.25) is 10.2 Å². The van der Waals surface area contributed by atoms with Crippen LogP contribution in [0, 0.1) is 18.2 Å². The van der Waals surface area contributed by atoms with Crippen LogP contribution in [0.25, 0.3) is 0 Å². The maximum Gasteiger partial charge on any atom is 0.243 e. The smallest absolute Gasteiger partial charge is 0.243 e. The van der Waals surface area contributed by atoms with Crippen molar-refractivity contribution in [3.63, 3.8) is 0 Å². The van der Waals surface area contributed by atoms with E-state index in [1.807, 2.05) is 6.92 Å². The molecule has 8 nitrogen and oxygen atoms in total. The standard InChI is InChI=1S/C15H18FN7OS/c1-8-11(23-4-2-3-5-23)15(25-22-8)21-14(24)10(12(17)18)13-19-6-9(16)7-20-13/h6-7,10H,2-5H2,1H3,(H3,17,18)(H,21,24). The Labute approximate surface area is 148 Å². The minimum atomic E-state index is -1.19. The van der Waals surface area contributed by atoms with Crippen molar-refractivity contribution in [1.82, 2.24) is 14.3 Å². The summed E-state index contributed by atoms with van der Waals surface area (Å²) in [5.74, 6) is -2.78. The molecule has 132 valence electrons. The zero-order valence-electron chi connectivity index (χ0n) is 13.6. The van der Waals surface area contributed by atoms with Crippen LogP contribution in [-0.4, -0.2) is 39.2 Å². The summed E-state index contributed by atoms with van der Waals surface area (Å²) in [5, 5.41) is 11.1. The number of nitrogens with zero attached hydrogens (tertiary/aromatic N) is 4. The second-order valence-electron chi connectivity index (χ2n) is 5.78. The van der Waals surface area contributed by atoms with Crippen LogP contribution in [0.2, 0.25) is 0 Å². The normalized spacial score (nSPS) is 15.2. The van der Waals surface area contributed by atoms with Crippen LogP contribution in [0.15, 0.2) is 12.4 Å². The van der Waals surface area contributed by atoms with Gasteiger partial charge in [0.2, 0.25) is 5.91 Å². The van der Waals surface area contributed by atoms with Crippen molar-refractivity contribution in [3.8, 4) is 0 Å². The second kappa shape index (κ2) is 7.09. The zero-order valence-corrected chi connectivity index (χ0v) is 14.4. The number of aryl methyl sites for hydroxylation is 1. The summed E-state index contributed by atoms with van der Waals surface area (Å²) in [4.78, 5) is 22.4. The van der Waals surface area contributed by atoms with Gasteiger partial charge < -0.3 is 16.0 Å². The molecule has 25 heavy (non-hydrogen) atoms. The van der Waals surface area contributed by atoms with Crippen molar-refractivity contribution in [3.05, 3.63) is 29.7 Å². The molecule has 2 aromatic rings. The number of nitrogens with one attached hydrogen (secondary N) is 2. The van der Waals surface area contributed by atoms with Crippen molar-refractivity contribution >= 4 is 34.0 Å². The molecule has 10 heteroatoms. The first-order chi connectivity index (χ1) is 12.0. The molecule has 1 amide bonds. The van der Waals surface area contributed by atoms with Crippen LogP contribution in [0.3, 0.4) is 0 Å². The average molecular weight is 363 g/mol. The highest BCUT2D eigenvalue weighted by Gasteiger charge is 2.29. The summed E-state index contributed by atoms with van der Waals surface area (Å²) >= 11 is 1.18. The van der Waals surface area contributed by atoms with Crippen LogP contribution in [0.5, 0.6) is 0 Å². The Morgan fingerprint density at radius 1 is 1.40 bits per heavy atom. The molecule has 0 bridgehead atoms. The van der Waals surface area contributed by atoms with Gasteiger partial charge in [0.05, 0.1) is 23.8 Å². The fourth-order valence-electron chi connectivity index (χ4n) is 2.81. The number of nitrogens with two attached hydrogens (primary N) is 1. The van der Waals surface area contributed by atoms with Gasteiger partial charge in [-0.15, -0.1) is 0 Å². The molecule has 0 aromatic carbocycles. The van der Waals surface area contributed by atoms with E-state index in [4.69, 9.17) is 11.1 Å². The van der Waals surface area contributed by atoms with E-state index in [1.54, 1.807) is 0 Å². The van der Waals surface area contributed by atoms with Gasteiger partial charge in [-0.25, -0.2) is 14.4 Å². The van der Waals surface area contributed by atoms with Gasteiger partial charge in [0, 0.05) is 13.1 Å². The molecular weight excluding hydrogens is 345 g/mol. The van der Waals surface area contributed by atoms with E-state index in [1.165, 1.54) is 11.5 Å². The minimum absolute atomic E-state index is 0.0182. The third kappa shape index (κ3) is 3.58. The van der Waals surface area contributed by atoms with Crippen molar-refractivity contribution in [2.24, 2.45) is 5.73 Å². The number of amidine groups is 1. The van der Waals surface area contributed by atoms with Gasteiger partial charge in [0.25, 0.3) is 0 Å². The number of anilines is 2. The lowest BCUT2D eigenvalue weighted by Gasteiger charge is -2.20. The maximum absolute atomic E-state index is 13.0. The van der Waals surface area contributed by atoms with Crippen molar-refractivity contribution in [2.75, 3.05) is 23.3 Å². The first-order valence-electron chi connectivity index (χ1n) is 7.81. The summed E-state index contributed by atoms with van der Waals surface area (Å²) in [5.41, 5.74) is 7.30.